The summed E-state index contributed by atoms with van der Waals surface area (Å²) in [5, 5.41) is 10.7. The first-order chi connectivity index (χ1) is 13.4. The van der Waals surface area contributed by atoms with Gasteiger partial charge in [0.25, 0.3) is 0 Å². The average Bonchev–Trinajstić information content (AvgIpc) is 2.62. The van der Waals surface area contributed by atoms with E-state index in [9.17, 15) is 18.3 Å². The van der Waals surface area contributed by atoms with Crippen LogP contribution in [0.15, 0.2) is 53.3 Å². The molecular weight excluding hydrogens is 375 g/mol. The second-order valence-electron chi connectivity index (χ2n) is 9.11. The zero-order valence-electron chi connectivity index (χ0n) is 18.4. The minimum Gasteiger partial charge on any atom is -0.512 e. The Morgan fingerprint density at radius 3 is 2.10 bits per heavy atom. The monoisotopic (exact) mass is 410 g/mol. The fourth-order valence-corrected chi connectivity index (χ4v) is 4.28. The van der Waals surface area contributed by atoms with E-state index in [1.54, 1.807) is 0 Å². The number of allylic oxidation sites excluding steroid dienone is 4. The fraction of sp³-hybridized carbons (Fsp3) is 0.583. The van der Waals surface area contributed by atoms with Crippen LogP contribution in [0.4, 0.5) is 13.2 Å². The molecule has 29 heavy (non-hydrogen) atoms. The molecule has 2 rings (SSSR count). The molecule has 0 spiro atoms. The number of nitrogens with zero attached hydrogens (tertiary/aromatic N) is 1. The third kappa shape index (κ3) is 5.25. The van der Waals surface area contributed by atoms with Gasteiger partial charge in [-0.1, -0.05) is 37.3 Å². The van der Waals surface area contributed by atoms with E-state index in [-0.39, 0.29) is 18.1 Å². The van der Waals surface area contributed by atoms with Crippen molar-refractivity contribution in [1.29, 1.82) is 0 Å². The standard InChI is InChI=1S/C24H34F3NO/c1-16(2)28(6,17(3)4)13-12-20(19-10-8-7-9-11-19)21-15-22(24(25,26)27)18(5)14-23(21)29/h7-11,15-18,20H,12-14H2,1-6H3/p+1/t18?,20-/m1/s1. The first-order valence-electron chi connectivity index (χ1n) is 10.5. The van der Waals surface area contributed by atoms with Crippen LogP contribution < -0.4 is 0 Å². The van der Waals surface area contributed by atoms with Crippen molar-refractivity contribution >= 4 is 0 Å². The van der Waals surface area contributed by atoms with Crippen LogP contribution in [0, 0.1) is 5.92 Å². The van der Waals surface area contributed by atoms with Gasteiger partial charge in [-0.25, -0.2) is 0 Å². The second kappa shape index (κ2) is 8.95. The van der Waals surface area contributed by atoms with E-state index in [1.165, 1.54) is 13.0 Å². The Morgan fingerprint density at radius 1 is 1.07 bits per heavy atom. The third-order valence-electron chi connectivity index (χ3n) is 6.84. The number of benzene rings is 1. The minimum absolute atomic E-state index is 0.0322. The topological polar surface area (TPSA) is 20.2 Å². The van der Waals surface area contributed by atoms with Gasteiger partial charge in [0.05, 0.1) is 31.4 Å². The summed E-state index contributed by atoms with van der Waals surface area (Å²) in [5.74, 6) is -0.916. The van der Waals surface area contributed by atoms with Crippen molar-refractivity contribution in [3.63, 3.8) is 0 Å². The maximum atomic E-state index is 13.6. The summed E-state index contributed by atoms with van der Waals surface area (Å²) in [6.07, 6.45) is -2.47. The van der Waals surface area contributed by atoms with Gasteiger partial charge >= 0.3 is 6.18 Å². The van der Waals surface area contributed by atoms with Crippen LogP contribution in [0.1, 0.15) is 58.9 Å². The molecule has 1 aliphatic carbocycles. The van der Waals surface area contributed by atoms with Gasteiger partial charge in [0.1, 0.15) is 0 Å². The molecule has 0 heterocycles. The Morgan fingerprint density at radius 2 is 1.62 bits per heavy atom. The maximum absolute atomic E-state index is 13.6. The molecule has 0 radical (unpaired) electrons. The zero-order valence-corrected chi connectivity index (χ0v) is 18.4. The summed E-state index contributed by atoms with van der Waals surface area (Å²) in [6, 6.07) is 10.4. The summed E-state index contributed by atoms with van der Waals surface area (Å²) in [4.78, 5) is 0. The van der Waals surface area contributed by atoms with Crippen LogP contribution in [-0.4, -0.2) is 41.4 Å². The molecule has 0 fully saturated rings. The number of alkyl halides is 3. The Balaban J connectivity index is 2.47. The Bertz CT molecular complexity index is 739. The molecule has 1 aliphatic rings. The lowest BCUT2D eigenvalue weighted by molar-refractivity contribution is -0.949. The van der Waals surface area contributed by atoms with Crippen molar-refractivity contribution in [2.24, 2.45) is 5.92 Å². The molecule has 1 unspecified atom stereocenters. The van der Waals surface area contributed by atoms with E-state index < -0.39 is 17.7 Å². The number of aliphatic hydroxyl groups is 1. The van der Waals surface area contributed by atoms with Crippen molar-refractivity contribution in [2.75, 3.05) is 13.6 Å². The molecule has 1 aromatic carbocycles. The number of hydrogen-bond acceptors (Lipinski definition) is 1. The lowest BCUT2D eigenvalue weighted by Crippen LogP contribution is -2.55. The number of quaternary nitrogens is 1. The number of halogens is 3. The van der Waals surface area contributed by atoms with Crippen molar-refractivity contribution in [1.82, 2.24) is 0 Å². The summed E-state index contributed by atoms with van der Waals surface area (Å²) in [5.41, 5.74) is 0.817. The van der Waals surface area contributed by atoms with Gasteiger partial charge in [0, 0.05) is 24.3 Å². The highest BCUT2D eigenvalue weighted by Crippen LogP contribution is 2.43. The molecule has 0 amide bonds. The van der Waals surface area contributed by atoms with Crippen molar-refractivity contribution in [3.8, 4) is 0 Å². The maximum Gasteiger partial charge on any atom is 0.412 e. The molecule has 2 nitrogen and oxygen atoms in total. The summed E-state index contributed by atoms with van der Waals surface area (Å²) < 4.78 is 41.5. The van der Waals surface area contributed by atoms with E-state index in [1.807, 2.05) is 30.3 Å². The quantitative estimate of drug-likeness (QED) is 0.492. The first-order valence-corrected chi connectivity index (χ1v) is 10.5. The van der Waals surface area contributed by atoms with Crippen molar-refractivity contribution < 1.29 is 22.8 Å². The van der Waals surface area contributed by atoms with E-state index in [0.717, 1.165) is 16.6 Å². The van der Waals surface area contributed by atoms with E-state index >= 15 is 0 Å². The van der Waals surface area contributed by atoms with Gasteiger partial charge in [-0.3, -0.25) is 0 Å². The van der Waals surface area contributed by atoms with Gasteiger partial charge < -0.3 is 9.59 Å². The van der Waals surface area contributed by atoms with Gasteiger partial charge in [-0.15, -0.1) is 0 Å². The van der Waals surface area contributed by atoms with Crippen LogP contribution in [-0.2, 0) is 0 Å². The van der Waals surface area contributed by atoms with Gasteiger partial charge in [0.15, 0.2) is 0 Å². The minimum atomic E-state index is -4.38. The second-order valence-corrected chi connectivity index (χ2v) is 9.11. The largest absolute Gasteiger partial charge is 0.512 e. The Labute approximate surface area is 173 Å². The van der Waals surface area contributed by atoms with Crippen LogP contribution >= 0.6 is 0 Å². The number of rotatable bonds is 7. The third-order valence-corrected chi connectivity index (χ3v) is 6.84. The molecule has 162 valence electrons. The van der Waals surface area contributed by atoms with Crippen molar-refractivity contribution in [3.05, 3.63) is 58.9 Å². The Kier molecular flexibility index (Phi) is 7.26. The highest BCUT2D eigenvalue weighted by molar-refractivity contribution is 5.42. The molecule has 0 aromatic heterocycles. The summed E-state index contributed by atoms with van der Waals surface area (Å²) in [6.45, 7) is 11.1. The van der Waals surface area contributed by atoms with E-state index in [0.29, 0.717) is 24.1 Å². The highest BCUT2D eigenvalue weighted by Gasteiger charge is 2.41. The molecule has 5 heteroatoms. The molecule has 0 aliphatic heterocycles. The molecule has 2 atom stereocenters. The van der Waals surface area contributed by atoms with Gasteiger partial charge in [0.2, 0.25) is 0 Å². The molecule has 0 bridgehead atoms. The predicted molar refractivity (Wildman–Crippen MR) is 113 cm³/mol. The number of hydrogen-bond donors (Lipinski definition) is 1. The van der Waals surface area contributed by atoms with Crippen molar-refractivity contribution in [2.45, 2.75) is 71.6 Å². The zero-order chi connectivity index (χ0) is 22.0. The average molecular weight is 411 g/mol. The highest BCUT2D eigenvalue weighted by atomic mass is 19.4. The smallest absolute Gasteiger partial charge is 0.412 e. The lowest BCUT2D eigenvalue weighted by atomic mass is 9.79. The summed E-state index contributed by atoms with van der Waals surface area (Å²) in [7, 11) is 2.20. The van der Waals surface area contributed by atoms with E-state index in [2.05, 4.69) is 34.7 Å². The van der Waals surface area contributed by atoms with Crippen LogP contribution in [0.5, 0.6) is 0 Å². The number of aliphatic hydroxyl groups excluding tert-OH is 1. The van der Waals surface area contributed by atoms with Crippen LogP contribution in [0.2, 0.25) is 0 Å². The van der Waals surface area contributed by atoms with Crippen LogP contribution in [0.3, 0.4) is 0 Å². The predicted octanol–water partition coefficient (Wildman–Crippen LogP) is 6.76. The molecule has 1 aromatic rings. The van der Waals surface area contributed by atoms with Gasteiger partial charge in [-0.05, 0) is 50.8 Å². The van der Waals surface area contributed by atoms with E-state index in [4.69, 9.17) is 0 Å². The summed E-state index contributed by atoms with van der Waals surface area (Å²) >= 11 is 0. The first kappa shape index (κ1) is 23.5. The van der Waals surface area contributed by atoms with Gasteiger partial charge in [-0.2, -0.15) is 13.2 Å². The molecular formula is C24H35F3NO+. The lowest BCUT2D eigenvalue weighted by Gasteiger charge is -2.43. The Hall–Kier alpha value is -1.75. The molecule has 1 N–H and O–H groups in total. The molecule has 0 saturated carbocycles. The van der Waals surface area contributed by atoms with Crippen LogP contribution in [0.25, 0.3) is 0 Å². The molecule has 0 saturated heterocycles. The SMILES string of the molecule is CC1CC(O)=C([C@H](CC[N+](C)(C(C)C)C(C)C)c2ccccc2)C=C1C(F)(F)F. The fourth-order valence-electron chi connectivity index (χ4n) is 4.28. The normalized spacial score (nSPS) is 19.7.